The van der Waals surface area contributed by atoms with Crippen molar-refractivity contribution < 1.29 is 4.39 Å². The summed E-state index contributed by atoms with van der Waals surface area (Å²) in [6.45, 7) is 5.71. The summed E-state index contributed by atoms with van der Waals surface area (Å²) in [5.41, 5.74) is 4.44. The number of aromatic nitrogens is 2. The van der Waals surface area contributed by atoms with Gasteiger partial charge >= 0.3 is 0 Å². The highest BCUT2D eigenvalue weighted by molar-refractivity contribution is 5.84. The quantitative estimate of drug-likeness (QED) is 0.380. The average Bonchev–Trinajstić information content (AvgIpc) is 3.13. The fourth-order valence-electron chi connectivity index (χ4n) is 3.91. The van der Waals surface area contributed by atoms with E-state index < -0.39 is 11.6 Å². The molecule has 1 aromatic heterocycles. The topological polar surface area (TPSA) is 17.8 Å². The first-order valence-corrected chi connectivity index (χ1v) is 9.83. The van der Waals surface area contributed by atoms with Gasteiger partial charge < -0.3 is 0 Å². The van der Waals surface area contributed by atoms with Gasteiger partial charge in [0.25, 0.3) is 0 Å². The predicted octanol–water partition coefficient (Wildman–Crippen LogP) is 6.72. The third-order valence-electron chi connectivity index (χ3n) is 5.97. The van der Waals surface area contributed by atoms with Gasteiger partial charge in [0.1, 0.15) is 12.0 Å². The highest BCUT2D eigenvalue weighted by Gasteiger charge is 2.34. The third-order valence-corrected chi connectivity index (χ3v) is 5.97. The van der Waals surface area contributed by atoms with Crippen LogP contribution in [-0.2, 0) is 5.41 Å². The Labute approximate surface area is 165 Å². The molecule has 0 saturated carbocycles. The number of benzene rings is 3. The first-order chi connectivity index (χ1) is 13.6. The molecule has 4 aromatic rings. The molecule has 4 rings (SSSR count). The van der Waals surface area contributed by atoms with Crippen LogP contribution in [0.15, 0.2) is 78.9 Å². The summed E-state index contributed by atoms with van der Waals surface area (Å²) in [7, 11) is 0. The van der Waals surface area contributed by atoms with Gasteiger partial charge in [-0.25, -0.2) is 9.37 Å². The van der Waals surface area contributed by atoms with Crippen molar-refractivity contribution in [3.63, 3.8) is 0 Å². The van der Waals surface area contributed by atoms with Crippen molar-refractivity contribution in [2.24, 2.45) is 0 Å². The first-order valence-electron chi connectivity index (χ1n) is 9.83. The van der Waals surface area contributed by atoms with Crippen molar-refractivity contribution in [3.8, 4) is 17.1 Å². The van der Waals surface area contributed by atoms with E-state index in [9.17, 15) is 4.39 Å². The van der Waals surface area contributed by atoms with Crippen molar-refractivity contribution >= 4 is 11.0 Å². The molecule has 0 saturated heterocycles. The van der Waals surface area contributed by atoms with E-state index >= 15 is 0 Å². The summed E-state index contributed by atoms with van der Waals surface area (Å²) in [5, 5.41) is 0. The van der Waals surface area contributed by atoms with Crippen LogP contribution in [-0.4, -0.2) is 15.7 Å². The molecule has 0 bridgehead atoms. The van der Waals surface area contributed by atoms with E-state index in [1.807, 2.05) is 68.4 Å². The number of fused-ring (bicyclic) bond motifs is 1. The molecule has 0 fully saturated rings. The number of para-hydroxylation sites is 3. The smallest absolute Gasteiger partial charge is 0.146 e. The van der Waals surface area contributed by atoms with Gasteiger partial charge in [-0.05, 0) is 43.2 Å². The van der Waals surface area contributed by atoms with Crippen molar-refractivity contribution in [2.75, 3.05) is 0 Å². The summed E-state index contributed by atoms with van der Waals surface area (Å²) >= 11 is 0. The highest BCUT2D eigenvalue weighted by atomic mass is 19.1. The van der Waals surface area contributed by atoms with Crippen LogP contribution >= 0.6 is 0 Å². The van der Waals surface area contributed by atoms with Gasteiger partial charge in [0.15, 0.2) is 0 Å². The first kappa shape index (κ1) is 18.4. The summed E-state index contributed by atoms with van der Waals surface area (Å²) < 4.78 is 16.9. The zero-order valence-electron chi connectivity index (χ0n) is 16.6. The van der Waals surface area contributed by atoms with Gasteiger partial charge in [-0.2, -0.15) is 0 Å². The SMILES string of the molecule is CCC(C)(c1ccccc1-c1nc2ccccc2n1-c1ccccc1)[C@@H](C)F. The van der Waals surface area contributed by atoms with E-state index in [0.29, 0.717) is 6.42 Å². The molecule has 142 valence electrons. The van der Waals surface area contributed by atoms with Crippen LogP contribution < -0.4 is 0 Å². The van der Waals surface area contributed by atoms with Crippen LogP contribution in [0, 0.1) is 0 Å². The molecule has 0 amide bonds. The van der Waals surface area contributed by atoms with Crippen LogP contribution in [0.2, 0.25) is 0 Å². The maximum atomic E-state index is 14.7. The van der Waals surface area contributed by atoms with Gasteiger partial charge in [-0.1, -0.05) is 68.4 Å². The van der Waals surface area contributed by atoms with Crippen LogP contribution in [0.1, 0.15) is 32.8 Å². The number of hydrogen-bond donors (Lipinski definition) is 0. The Morgan fingerprint density at radius 1 is 0.929 bits per heavy atom. The fraction of sp³-hybridized carbons (Fsp3) is 0.240. The van der Waals surface area contributed by atoms with Gasteiger partial charge in [-0.3, -0.25) is 4.57 Å². The maximum absolute atomic E-state index is 14.7. The monoisotopic (exact) mass is 372 g/mol. The van der Waals surface area contributed by atoms with Gasteiger partial charge in [-0.15, -0.1) is 0 Å². The minimum atomic E-state index is -0.965. The largest absolute Gasteiger partial charge is 0.292 e. The number of hydrogen-bond acceptors (Lipinski definition) is 1. The van der Waals surface area contributed by atoms with E-state index in [-0.39, 0.29) is 0 Å². The van der Waals surface area contributed by atoms with Gasteiger partial charge in [0, 0.05) is 16.7 Å². The molecule has 0 spiro atoms. The van der Waals surface area contributed by atoms with Crippen molar-refractivity contribution in [2.45, 2.75) is 38.8 Å². The Morgan fingerprint density at radius 2 is 1.57 bits per heavy atom. The molecule has 2 nitrogen and oxygen atoms in total. The molecule has 1 unspecified atom stereocenters. The molecule has 2 atom stereocenters. The molecule has 3 aromatic carbocycles. The number of rotatable bonds is 5. The normalized spacial score (nSPS) is 14.7. The second-order valence-corrected chi connectivity index (χ2v) is 7.53. The number of halogens is 1. The third kappa shape index (κ3) is 2.91. The van der Waals surface area contributed by atoms with Crippen LogP contribution in [0.4, 0.5) is 4.39 Å². The maximum Gasteiger partial charge on any atom is 0.146 e. The highest BCUT2D eigenvalue weighted by Crippen LogP contribution is 2.40. The molecular formula is C25H25FN2. The summed E-state index contributed by atoms with van der Waals surface area (Å²) in [6.07, 6.45) is -0.249. The van der Waals surface area contributed by atoms with E-state index in [0.717, 1.165) is 33.7 Å². The van der Waals surface area contributed by atoms with Crippen LogP contribution in [0.25, 0.3) is 28.1 Å². The van der Waals surface area contributed by atoms with E-state index in [1.54, 1.807) is 6.92 Å². The number of alkyl halides is 1. The lowest BCUT2D eigenvalue weighted by atomic mass is 9.74. The Hall–Kier alpha value is -2.94. The Kier molecular flexibility index (Phi) is 4.76. The van der Waals surface area contributed by atoms with E-state index in [4.69, 9.17) is 4.98 Å². The van der Waals surface area contributed by atoms with Gasteiger partial charge in [0.2, 0.25) is 0 Å². The standard InChI is InChI=1S/C25H25FN2/c1-4-25(3,18(2)26)21-15-9-8-14-20(21)24-27-22-16-10-11-17-23(22)28(24)19-12-6-5-7-13-19/h5-18H,4H2,1-3H3/t18-,25?/m1/s1. The van der Waals surface area contributed by atoms with Gasteiger partial charge in [0.05, 0.1) is 11.0 Å². The van der Waals surface area contributed by atoms with E-state index in [2.05, 4.69) is 28.8 Å². The second kappa shape index (κ2) is 7.23. The Balaban J connectivity index is 2.05. The van der Waals surface area contributed by atoms with Crippen molar-refractivity contribution in [1.82, 2.24) is 9.55 Å². The molecule has 0 aliphatic rings. The number of imidazole rings is 1. The second-order valence-electron chi connectivity index (χ2n) is 7.53. The molecule has 3 heteroatoms. The Morgan fingerprint density at radius 3 is 2.29 bits per heavy atom. The molecule has 0 aliphatic heterocycles. The number of nitrogens with zero attached hydrogens (tertiary/aromatic N) is 2. The molecule has 0 aliphatic carbocycles. The Bertz CT molecular complexity index is 1100. The zero-order chi connectivity index (χ0) is 19.7. The minimum Gasteiger partial charge on any atom is -0.292 e. The molecular weight excluding hydrogens is 347 g/mol. The lowest BCUT2D eigenvalue weighted by Gasteiger charge is -2.32. The summed E-state index contributed by atoms with van der Waals surface area (Å²) in [5.74, 6) is 0.850. The molecule has 0 radical (unpaired) electrons. The summed E-state index contributed by atoms with van der Waals surface area (Å²) in [6, 6.07) is 26.5. The molecule has 1 heterocycles. The predicted molar refractivity (Wildman–Crippen MR) is 115 cm³/mol. The summed E-state index contributed by atoms with van der Waals surface area (Å²) in [4.78, 5) is 4.97. The molecule has 28 heavy (non-hydrogen) atoms. The molecule has 0 N–H and O–H groups in total. The fourth-order valence-corrected chi connectivity index (χ4v) is 3.91. The van der Waals surface area contributed by atoms with Crippen LogP contribution in [0.3, 0.4) is 0 Å². The lowest BCUT2D eigenvalue weighted by Crippen LogP contribution is -2.31. The van der Waals surface area contributed by atoms with Crippen molar-refractivity contribution in [1.29, 1.82) is 0 Å². The lowest BCUT2D eigenvalue weighted by molar-refractivity contribution is 0.214. The van der Waals surface area contributed by atoms with Crippen LogP contribution in [0.5, 0.6) is 0 Å². The van der Waals surface area contributed by atoms with E-state index in [1.165, 1.54) is 0 Å². The average molecular weight is 372 g/mol. The minimum absolute atomic E-state index is 0.573. The zero-order valence-corrected chi connectivity index (χ0v) is 16.6. The van der Waals surface area contributed by atoms with Crippen molar-refractivity contribution in [3.05, 3.63) is 84.4 Å².